The molecule has 37 heavy (non-hydrogen) atoms. The number of hydrogen-bond acceptors (Lipinski definition) is 6. The summed E-state index contributed by atoms with van der Waals surface area (Å²) in [7, 11) is 0. The number of amides is 1. The average Bonchev–Trinajstić information content (AvgIpc) is 3.18. The molecule has 1 saturated heterocycles. The molecular weight excluding hydrogens is 507 g/mol. The van der Waals surface area contributed by atoms with Crippen molar-refractivity contribution in [1.82, 2.24) is 14.3 Å². The molecule has 0 bridgehead atoms. The van der Waals surface area contributed by atoms with Crippen LogP contribution in [0, 0.1) is 5.82 Å². The third-order valence-corrected chi connectivity index (χ3v) is 7.96. The van der Waals surface area contributed by atoms with Gasteiger partial charge in [-0.25, -0.2) is 9.37 Å². The molecule has 1 amide bonds. The van der Waals surface area contributed by atoms with Gasteiger partial charge in [-0.05, 0) is 53.5 Å². The first kappa shape index (κ1) is 23.6. The molecule has 4 aromatic rings. The van der Waals surface area contributed by atoms with Crippen molar-refractivity contribution < 1.29 is 9.18 Å². The number of carbonyl (C=O) groups is 1. The highest BCUT2D eigenvalue weighted by atomic mass is 32.2. The molecule has 0 saturated carbocycles. The van der Waals surface area contributed by atoms with Gasteiger partial charge in [-0.1, -0.05) is 66.4 Å². The molecular formula is C28H21FN4O2S2. The van der Waals surface area contributed by atoms with Gasteiger partial charge in [-0.15, -0.1) is 0 Å². The van der Waals surface area contributed by atoms with Gasteiger partial charge in [-0.3, -0.25) is 18.9 Å². The van der Waals surface area contributed by atoms with Gasteiger partial charge < -0.3 is 4.90 Å². The molecule has 2 aliphatic rings. The predicted octanol–water partition coefficient (Wildman–Crippen LogP) is 4.80. The minimum atomic E-state index is -0.342. The number of carbonyl (C=O) groups excluding carboxylic acids is 1. The average molecular weight is 529 g/mol. The number of aromatic nitrogens is 2. The van der Waals surface area contributed by atoms with Crippen LogP contribution in [0.4, 0.5) is 10.2 Å². The third kappa shape index (κ3) is 4.45. The van der Waals surface area contributed by atoms with E-state index in [1.807, 2.05) is 18.2 Å². The quantitative estimate of drug-likeness (QED) is 0.280. The van der Waals surface area contributed by atoms with Crippen molar-refractivity contribution in [2.45, 2.75) is 19.5 Å². The topological polar surface area (TPSA) is 57.9 Å². The van der Waals surface area contributed by atoms with E-state index < -0.39 is 0 Å². The molecule has 0 spiro atoms. The fourth-order valence-electron chi connectivity index (χ4n) is 4.67. The lowest BCUT2D eigenvalue weighted by Gasteiger charge is -2.30. The first-order chi connectivity index (χ1) is 18.0. The van der Waals surface area contributed by atoms with Gasteiger partial charge in [0.1, 0.15) is 21.6 Å². The van der Waals surface area contributed by atoms with Crippen LogP contribution < -0.4 is 10.5 Å². The fourth-order valence-corrected chi connectivity index (χ4v) is 5.91. The molecule has 6 nitrogen and oxygen atoms in total. The summed E-state index contributed by atoms with van der Waals surface area (Å²) in [6.45, 7) is 1.56. The van der Waals surface area contributed by atoms with Gasteiger partial charge in [0, 0.05) is 19.3 Å². The molecule has 2 aromatic heterocycles. The summed E-state index contributed by atoms with van der Waals surface area (Å²) < 4.78 is 15.2. The second-order valence-electron chi connectivity index (χ2n) is 8.92. The van der Waals surface area contributed by atoms with E-state index in [4.69, 9.17) is 17.2 Å². The van der Waals surface area contributed by atoms with Crippen LogP contribution in [0.1, 0.15) is 22.3 Å². The smallest absolute Gasteiger partial charge is 0.267 e. The second-order valence-corrected chi connectivity index (χ2v) is 10.6. The lowest BCUT2D eigenvalue weighted by molar-refractivity contribution is -0.122. The van der Waals surface area contributed by atoms with Crippen LogP contribution in [0.3, 0.4) is 0 Å². The van der Waals surface area contributed by atoms with Gasteiger partial charge in [0.25, 0.3) is 11.5 Å². The summed E-state index contributed by atoms with van der Waals surface area (Å²) in [6.07, 6.45) is 4.14. The van der Waals surface area contributed by atoms with E-state index >= 15 is 0 Å². The summed E-state index contributed by atoms with van der Waals surface area (Å²) in [5.74, 6) is -0.0764. The summed E-state index contributed by atoms with van der Waals surface area (Å²) >= 11 is 6.65. The van der Waals surface area contributed by atoms with Crippen LogP contribution in [-0.2, 0) is 24.3 Å². The number of anilines is 1. The van der Waals surface area contributed by atoms with Gasteiger partial charge in [0.15, 0.2) is 0 Å². The molecule has 0 unspecified atom stereocenters. The number of thioether (sulfide) groups is 1. The van der Waals surface area contributed by atoms with Crippen molar-refractivity contribution >= 4 is 51.7 Å². The minimum absolute atomic E-state index is 0.229. The third-order valence-electron chi connectivity index (χ3n) is 6.58. The number of fused-ring (bicyclic) bond motifs is 2. The Morgan fingerprint density at radius 3 is 2.57 bits per heavy atom. The summed E-state index contributed by atoms with van der Waals surface area (Å²) in [6, 6.07) is 19.7. The SMILES string of the molecule is O=C1/C(=C/c2c(N3CCc4ccccc4C3)nc3ccccn3c2=O)SC(=S)N1Cc1ccc(F)cc1. The number of hydrogen-bond donors (Lipinski definition) is 0. The number of rotatable bonds is 4. The Morgan fingerprint density at radius 2 is 1.76 bits per heavy atom. The molecule has 9 heteroatoms. The van der Waals surface area contributed by atoms with Crippen molar-refractivity contribution in [2.24, 2.45) is 0 Å². The zero-order valence-electron chi connectivity index (χ0n) is 19.6. The van der Waals surface area contributed by atoms with E-state index in [9.17, 15) is 14.0 Å². The van der Waals surface area contributed by atoms with Crippen molar-refractivity contribution in [3.8, 4) is 0 Å². The molecule has 1 fully saturated rings. The Hall–Kier alpha value is -3.82. The van der Waals surface area contributed by atoms with Crippen LogP contribution in [0.2, 0.25) is 0 Å². The first-order valence-electron chi connectivity index (χ1n) is 11.8. The molecule has 0 aliphatic carbocycles. The van der Waals surface area contributed by atoms with E-state index in [0.29, 0.717) is 39.3 Å². The molecule has 0 atom stereocenters. The Kier molecular flexibility index (Phi) is 6.10. The van der Waals surface area contributed by atoms with Gasteiger partial charge >= 0.3 is 0 Å². The number of halogens is 1. The Morgan fingerprint density at radius 1 is 1.00 bits per heavy atom. The predicted molar refractivity (Wildman–Crippen MR) is 148 cm³/mol. The molecule has 2 aliphatic heterocycles. The largest absolute Gasteiger partial charge is 0.351 e. The van der Waals surface area contributed by atoms with E-state index in [-0.39, 0.29) is 23.8 Å². The minimum Gasteiger partial charge on any atom is -0.351 e. The van der Waals surface area contributed by atoms with Crippen LogP contribution in [0.15, 0.2) is 82.6 Å². The standard InChI is InChI=1S/C28H21FN4O2S2/c29-21-10-8-18(9-11-21)16-33-27(35)23(37-28(33)36)15-22-25(30-24-7-3-4-13-32(24)26(22)34)31-14-12-19-5-1-2-6-20(19)17-31/h1-11,13,15H,12,14,16-17H2/b23-15-. The van der Waals surface area contributed by atoms with Crippen LogP contribution in [-0.4, -0.2) is 31.1 Å². The zero-order valence-corrected chi connectivity index (χ0v) is 21.3. The molecule has 2 aromatic carbocycles. The number of thiocarbonyl (C=S) groups is 1. The highest BCUT2D eigenvalue weighted by molar-refractivity contribution is 8.26. The lowest BCUT2D eigenvalue weighted by Crippen LogP contribution is -2.34. The van der Waals surface area contributed by atoms with E-state index in [2.05, 4.69) is 17.0 Å². The normalized spacial score (nSPS) is 16.6. The van der Waals surface area contributed by atoms with E-state index in [1.54, 1.807) is 36.5 Å². The number of pyridine rings is 1. The van der Waals surface area contributed by atoms with E-state index in [0.717, 1.165) is 23.7 Å². The van der Waals surface area contributed by atoms with Crippen molar-refractivity contribution in [2.75, 3.05) is 11.4 Å². The molecule has 184 valence electrons. The molecule has 6 rings (SSSR count). The monoisotopic (exact) mass is 528 g/mol. The van der Waals surface area contributed by atoms with Gasteiger partial charge in [-0.2, -0.15) is 0 Å². The number of nitrogens with zero attached hydrogens (tertiary/aromatic N) is 4. The first-order valence-corrected chi connectivity index (χ1v) is 13.0. The fraction of sp³-hybridized carbons (Fsp3) is 0.143. The van der Waals surface area contributed by atoms with Crippen LogP contribution in [0.5, 0.6) is 0 Å². The van der Waals surface area contributed by atoms with Crippen molar-refractivity contribution in [3.63, 3.8) is 0 Å². The zero-order chi connectivity index (χ0) is 25.5. The highest BCUT2D eigenvalue weighted by Crippen LogP contribution is 2.35. The Balaban J connectivity index is 1.40. The summed E-state index contributed by atoms with van der Waals surface area (Å²) in [4.78, 5) is 35.8. The lowest BCUT2D eigenvalue weighted by atomic mass is 9.99. The van der Waals surface area contributed by atoms with E-state index in [1.165, 1.54) is 32.6 Å². The Bertz CT molecular complexity index is 1650. The maximum absolute atomic E-state index is 13.7. The Labute approximate surface area is 222 Å². The highest BCUT2D eigenvalue weighted by Gasteiger charge is 2.33. The maximum atomic E-state index is 13.7. The number of benzene rings is 2. The summed E-state index contributed by atoms with van der Waals surface area (Å²) in [5, 5.41) is 0. The van der Waals surface area contributed by atoms with Crippen LogP contribution in [0.25, 0.3) is 11.7 Å². The van der Waals surface area contributed by atoms with Crippen molar-refractivity contribution in [3.05, 3.63) is 116 Å². The van der Waals surface area contributed by atoms with Gasteiger partial charge in [0.05, 0.1) is 17.0 Å². The van der Waals surface area contributed by atoms with Crippen molar-refractivity contribution in [1.29, 1.82) is 0 Å². The van der Waals surface area contributed by atoms with Crippen LogP contribution >= 0.6 is 24.0 Å². The molecule has 0 radical (unpaired) electrons. The second kappa shape index (κ2) is 9.57. The summed E-state index contributed by atoms with van der Waals surface area (Å²) in [5.41, 5.74) is 3.90. The molecule has 4 heterocycles. The molecule has 0 N–H and O–H groups in total. The maximum Gasteiger partial charge on any atom is 0.267 e. The van der Waals surface area contributed by atoms with Gasteiger partial charge in [0.2, 0.25) is 0 Å².